The van der Waals surface area contributed by atoms with E-state index in [0.29, 0.717) is 15.8 Å². The molecule has 0 fully saturated rings. The molecule has 1 amide bonds. The van der Waals surface area contributed by atoms with Crippen LogP contribution in [0, 0.1) is 0 Å². The molecule has 4 nitrogen and oxygen atoms in total. The number of hydrogen-bond donors (Lipinski definition) is 1. The van der Waals surface area contributed by atoms with Gasteiger partial charge in [-0.2, -0.15) is 0 Å². The van der Waals surface area contributed by atoms with Gasteiger partial charge in [0.1, 0.15) is 4.88 Å². The minimum Gasteiger partial charge on any atom is -0.448 e. The van der Waals surface area contributed by atoms with Gasteiger partial charge in [0.15, 0.2) is 6.10 Å². The van der Waals surface area contributed by atoms with E-state index < -0.39 is 12.1 Å². The third-order valence-electron chi connectivity index (χ3n) is 4.74. The van der Waals surface area contributed by atoms with Crippen LogP contribution >= 0.6 is 22.9 Å². The Bertz CT molecular complexity index is 1010. The monoisotopic (exact) mass is 415 g/mol. The van der Waals surface area contributed by atoms with Gasteiger partial charge in [-0.3, -0.25) is 4.79 Å². The van der Waals surface area contributed by atoms with Crippen LogP contribution in [0.25, 0.3) is 10.1 Å². The average molecular weight is 416 g/mol. The Hall–Kier alpha value is -2.37. The molecule has 0 spiro atoms. The maximum absolute atomic E-state index is 12.6. The van der Waals surface area contributed by atoms with Crippen LogP contribution in [-0.4, -0.2) is 18.0 Å². The second-order valence-electron chi connectivity index (χ2n) is 6.67. The number of esters is 1. The Kier molecular flexibility index (Phi) is 6.37. The molecule has 0 radical (unpaired) electrons. The summed E-state index contributed by atoms with van der Waals surface area (Å²) < 4.78 is 6.28. The minimum atomic E-state index is -0.946. The molecule has 3 rings (SSSR count). The van der Waals surface area contributed by atoms with Crippen LogP contribution in [0.2, 0.25) is 5.02 Å². The maximum Gasteiger partial charge on any atom is 0.350 e. The van der Waals surface area contributed by atoms with Gasteiger partial charge in [-0.05, 0) is 37.0 Å². The predicted molar refractivity (Wildman–Crippen MR) is 115 cm³/mol. The molecule has 146 valence electrons. The second-order valence-corrected chi connectivity index (χ2v) is 8.10. The largest absolute Gasteiger partial charge is 0.448 e. The molecule has 2 atom stereocenters. The van der Waals surface area contributed by atoms with E-state index in [1.807, 2.05) is 48.5 Å². The molecule has 0 aliphatic heterocycles. The van der Waals surface area contributed by atoms with Gasteiger partial charge in [0.25, 0.3) is 5.91 Å². The summed E-state index contributed by atoms with van der Waals surface area (Å²) in [5, 5.41) is 4.05. The van der Waals surface area contributed by atoms with Crippen molar-refractivity contribution >= 4 is 50.6 Å². The van der Waals surface area contributed by atoms with Gasteiger partial charge in [0.05, 0.1) is 5.02 Å². The number of carbonyl (C=O) groups is 2. The summed E-state index contributed by atoms with van der Waals surface area (Å²) in [6.07, 6.45) is 0.0146. The van der Waals surface area contributed by atoms with Crippen molar-refractivity contribution < 1.29 is 14.3 Å². The van der Waals surface area contributed by atoms with Crippen molar-refractivity contribution in [2.45, 2.75) is 39.2 Å². The first kappa shape index (κ1) is 20.4. The fourth-order valence-electron chi connectivity index (χ4n) is 2.91. The zero-order valence-electron chi connectivity index (χ0n) is 16.0. The van der Waals surface area contributed by atoms with Crippen LogP contribution in [0.3, 0.4) is 0 Å². The van der Waals surface area contributed by atoms with E-state index >= 15 is 0 Å². The average Bonchev–Trinajstić information content (AvgIpc) is 3.04. The molecular formula is C22H22ClNO3S. The molecule has 0 saturated carbocycles. The summed E-state index contributed by atoms with van der Waals surface area (Å²) in [5.41, 5.74) is 1.80. The van der Waals surface area contributed by atoms with E-state index in [9.17, 15) is 9.59 Å². The molecule has 1 N–H and O–H groups in total. The number of nitrogens with one attached hydrogen (secondary N) is 1. The molecule has 0 bridgehead atoms. The zero-order chi connectivity index (χ0) is 20.3. The van der Waals surface area contributed by atoms with E-state index in [1.165, 1.54) is 11.3 Å². The van der Waals surface area contributed by atoms with Crippen molar-refractivity contribution in [1.29, 1.82) is 0 Å². The standard InChI is InChI=1S/C22H22ClNO3S/c1-4-13(2)15-9-5-7-11-17(15)24-21(25)14(3)27-22(26)20-19(23)16-10-6-8-12-18(16)28-20/h5-14H,4H2,1-3H3,(H,24,25)/t13-,14-/m1/s1. The number of para-hydroxylation sites is 1. The van der Waals surface area contributed by atoms with E-state index in [4.69, 9.17) is 16.3 Å². The van der Waals surface area contributed by atoms with Gasteiger partial charge >= 0.3 is 5.97 Å². The lowest BCUT2D eigenvalue weighted by Gasteiger charge is -2.18. The fourth-order valence-corrected chi connectivity index (χ4v) is 4.30. The predicted octanol–water partition coefficient (Wildman–Crippen LogP) is 6.25. The van der Waals surface area contributed by atoms with E-state index in [2.05, 4.69) is 19.2 Å². The summed E-state index contributed by atoms with van der Waals surface area (Å²) in [7, 11) is 0. The highest BCUT2D eigenvalue weighted by Gasteiger charge is 2.24. The highest BCUT2D eigenvalue weighted by atomic mass is 35.5. The van der Waals surface area contributed by atoms with Gasteiger partial charge in [-0.25, -0.2) is 4.79 Å². The summed E-state index contributed by atoms with van der Waals surface area (Å²) in [6, 6.07) is 15.2. The van der Waals surface area contributed by atoms with Crippen molar-refractivity contribution in [3.8, 4) is 0 Å². The first-order valence-electron chi connectivity index (χ1n) is 9.20. The lowest BCUT2D eigenvalue weighted by molar-refractivity contribution is -0.123. The molecule has 6 heteroatoms. The molecule has 1 heterocycles. The summed E-state index contributed by atoms with van der Waals surface area (Å²) >= 11 is 7.59. The van der Waals surface area contributed by atoms with E-state index in [0.717, 1.165) is 27.8 Å². The van der Waals surface area contributed by atoms with Crippen LogP contribution in [0.1, 0.15) is 48.3 Å². The molecule has 2 aromatic carbocycles. The van der Waals surface area contributed by atoms with Crippen LogP contribution < -0.4 is 5.32 Å². The third kappa shape index (κ3) is 4.21. The van der Waals surface area contributed by atoms with Crippen molar-refractivity contribution in [3.63, 3.8) is 0 Å². The zero-order valence-corrected chi connectivity index (χ0v) is 17.6. The molecule has 0 aliphatic carbocycles. The summed E-state index contributed by atoms with van der Waals surface area (Å²) in [4.78, 5) is 25.4. The highest BCUT2D eigenvalue weighted by molar-refractivity contribution is 7.21. The number of benzene rings is 2. The topological polar surface area (TPSA) is 55.4 Å². The minimum absolute atomic E-state index is 0.308. The molecule has 1 aromatic heterocycles. The fraction of sp³-hybridized carbons (Fsp3) is 0.273. The van der Waals surface area contributed by atoms with Crippen molar-refractivity contribution in [2.24, 2.45) is 0 Å². The van der Waals surface area contributed by atoms with Gasteiger partial charge < -0.3 is 10.1 Å². The number of rotatable bonds is 6. The number of fused-ring (bicyclic) bond motifs is 1. The quantitative estimate of drug-likeness (QED) is 0.484. The lowest BCUT2D eigenvalue weighted by atomic mass is 9.97. The normalized spacial score (nSPS) is 13.1. The van der Waals surface area contributed by atoms with Crippen molar-refractivity contribution in [1.82, 2.24) is 0 Å². The number of carbonyl (C=O) groups excluding carboxylic acids is 2. The molecule has 28 heavy (non-hydrogen) atoms. The molecular weight excluding hydrogens is 394 g/mol. The van der Waals surface area contributed by atoms with Crippen LogP contribution in [0.4, 0.5) is 5.69 Å². The Labute approximate surface area is 173 Å². The van der Waals surface area contributed by atoms with Crippen LogP contribution in [0.15, 0.2) is 48.5 Å². The Morgan fingerprint density at radius 2 is 1.79 bits per heavy atom. The number of anilines is 1. The van der Waals surface area contributed by atoms with Gasteiger partial charge in [0.2, 0.25) is 0 Å². The van der Waals surface area contributed by atoms with Crippen molar-refractivity contribution in [3.05, 3.63) is 64.0 Å². The van der Waals surface area contributed by atoms with Gasteiger partial charge in [0, 0.05) is 15.8 Å². The van der Waals surface area contributed by atoms with Crippen molar-refractivity contribution in [2.75, 3.05) is 5.32 Å². The molecule has 0 saturated heterocycles. The van der Waals surface area contributed by atoms with E-state index in [-0.39, 0.29) is 5.91 Å². The number of ether oxygens (including phenoxy) is 1. The molecule has 0 aliphatic rings. The summed E-state index contributed by atoms with van der Waals surface area (Å²) in [6.45, 7) is 5.76. The number of hydrogen-bond acceptors (Lipinski definition) is 4. The number of thiophene rings is 1. The Morgan fingerprint density at radius 1 is 1.11 bits per heavy atom. The SMILES string of the molecule is CC[C@@H](C)c1ccccc1NC(=O)[C@@H](C)OC(=O)c1sc2ccccc2c1Cl. The second kappa shape index (κ2) is 8.76. The first-order chi connectivity index (χ1) is 13.4. The van der Waals surface area contributed by atoms with Crippen LogP contribution in [-0.2, 0) is 9.53 Å². The molecule has 3 aromatic rings. The highest BCUT2D eigenvalue weighted by Crippen LogP contribution is 2.35. The van der Waals surface area contributed by atoms with E-state index in [1.54, 1.807) is 6.92 Å². The first-order valence-corrected chi connectivity index (χ1v) is 10.4. The number of halogens is 1. The van der Waals surface area contributed by atoms with Gasteiger partial charge in [-0.1, -0.05) is 61.8 Å². The van der Waals surface area contributed by atoms with Gasteiger partial charge in [-0.15, -0.1) is 11.3 Å². The van der Waals surface area contributed by atoms with Crippen LogP contribution in [0.5, 0.6) is 0 Å². The number of amides is 1. The Balaban J connectivity index is 1.72. The lowest BCUT2D eigenvalue weighted by Crippen LogP contribution is -2.30. The smallest absolute Gasteiger partial charge is 0.350 e. The maximum atomic E-state index is 12.6. The summed E-state index contributed by atoms with van der Waals surface area (Å²) in [5.74, 6) is -0.655. The Morgan fingerprint density at radius 3 is 2.50 bits per heavy atom. The molecule has 0 unspecified atom stereocenters. The third-order valence-corrected chi connectivity index (χ3v) is 6.39.